The molecule has 1 aromatic heterocycles. The minimum Gasteiger partial charge on any atom is -0.481 e. The zero-order valence-electron chi connectivity index (χ0n) is 10.8. The minimum atomic E-state index is -0.939. The Morgan fingerprint density at radius 2 is 2.00 bits per heavy atom. The third-order valence-electron chi connectivity index (χ3n) is 2.93. The van der Waals surface area contributed by atoms with E-state index >= 15 is 0 Å². The first kappa shape index (κ1) is 14.3. The van der Waals surface area contributed by atoms with Gasteiger partial charge in [0.15, 0.2) is 0 Å². The highest BCUT2D eigenvalue weighted by molar-refractivity contribution is 6.30. The number of aryl methyl sites for hydroxylation is 1. The van der Waals surface area contributed by atoms with Gasteiger partial charge in [-0.3, -0.25) is 9.59 Å². The normalized spacial score (nSPS) is 10.5. The lowest BCUT2D eigenvalue weighted by molar-refractivity contribution is -0.136. The lowest BCUT2D eigenvalue weighted by Gasteiger charge is -2.06. The second-order valence-corrected chi connectivity index (χ2v) is 4.82. The van der Waals surface area contributed by atoms with Crippen molar-refractivity contribution in [1.82, 2.24) is 9.97 Å². The van der Waals surface area contributed by atoms with Crippen LogP contribution in [0.5, 0.6) is 0 Å². The van der Waals surface area contributed by atoms with Gasteiger partial charge in [0, 0.05) is 28.3 Å². The summed E-state index contributed by atoms with van der Waals surface area (Å²) < 4.78 is 0. The van der Waals surface area contributed by atoms with Crippen LogP contribution in [0.3, 0.4) is 0 Å². The third-order valence-corrected chi connectivity index (χ3v) is 3.18. The molecule has 0 radical (unpaired) electrons. The van der Waals surface area contributed by atoms with Crippen LogP contribution in [0.15, 0.2) is 29.1 Å². The number of nitrogens with zero attached hydrogens (tertiary/aromatic N) is 1. The van der Waals surface area contributed by atoms with E-state index in [4.69, 9.17) is 16.7 Å². The third kappa shape index (κ3) is 3.24. The van der Waals surface area contributed by atoms with E-state index in [1.165, 1.54) is 0 Å². The molecule has 0 amide bonds. The molecule has 0 spiro atoms. The van der Waals surface area contributed by atoms with Crippen LogP contribution in [-0.2, 0) is 11.2 Å². The molecule has 0 unspecified atom stereocenters. The maximum absolute atomic E-state index is 12.0. The van der Waals surface area contributed by atoms with Gasteiger partial charge in [-0.05, 0) is 37.6 Å². The Bertz CT molecular complexity index is 693. The van der Waals surface area contributed by atoms with Crippen LogP contribution in [0.2, 0.25) is 5.02 Å². The highest BCUT2D eigenvalue weighted by Crippen LogP contribution is 2.18. The summed E-state index contributed by atoms with van der Waals surface area (Å²) in [7, 11) is 0. The van der Waals surface area contributed by atoms with Crippen molar-refractivity contribution in [1.29, 1.82) is 0 Å². The Labute approximate surface area is 120 Å². The largest absolute Gasteiger partial charge is 0.481 e. The van der Waals surface area contributed by atoms with Gasteiger partial charge in [0.05, 0.1) is 0 Å². The number of benzene rings is 1. The molecule has 2 N–H and O–H groups in total. The molecule has 0 bridgehead atoms. The molecule has 0 saturated heterocycles. The molecule has 6 heteroatoms. The first-order chi connectivity index (χ1) is 9.47. The Hall–Kier alpha value is -2.14. The van der Waals surface area contributed by atoms with Gasteiger partial charge in [-0.25, -0.2) is 4.98 Å². The van der Waals surface area contributed by atoms with E-state index in [1.54, 1.807) is 31.2 Å². The van der Waals surface area contributed by atoms with Crippen LogP contribution in [0, 0.1) is 6.92 Å². The summed E-state index contributed by atoms with van der Waals surface area (Å²) in [5, 5.41) is 9.27. The van der Waals surface area contributed by atoms with Gasteiger partial charge in [-0.2, -0.15) is 0 Å². The van der Waals surface area contributed by atoms with Crippen LogP contribution >= 0.6 is 11.6 Å². The predicted octanol–water partition coefficient (Wildman–Crippen LogP) is 2.42. The van der Waals surface area contributed by atoms with Gasteiger partial charge >= 0.3 is 5.97 Å². The average molecular weight is 293 g/mol. The molecule has 0 atom stereocenters. The van der Waals surface area contributed by atoms with E-state index in [-0.39, 0.29) is 18.4 Å². The number of carbonyl (C=O) groups is 1. The fraction of sp³-hybridized carbons (Fsp3) is 0.214. The van der Waals surface area contributed by atoms with E-state index in [2.05, 4.69) is 9.97 Å². The number of hydrogen-bond donors (Lipinski definition) is 2. The molecule has 1 heterocycles. The molecule has 0 aliphatic heterocycles. The number of nitrogens with one attached hydrogen (secondary N) is 1. The van der Waals surface area contributed by atoms with E-state index in [9.17, 15) is 9.59 Å². The molecule has 1 aromatic carbocycles. The maximum atomic E-state index is 12.0. The number of hydrogen-bond acceptors (Lipinski definition) is 3. The number of carboxylic acid groups (broad SMARTS) is 1. The summed E-state index contributed by atoms with van der Waals surface area (Å²) in [6.45, 7) is 1.70. The second-order valence-electron chi connectivity index (χ2n) is 4.38. The van der Waals surface area contributed by atoms with Crippen LogP contribution in [0.1, 0.15) is 17.7 Å². The minimum absolute atomic E-state index is 0.0914. The van der Waals surface area contributed by atoms with Crippen LogP contribution in [0.4, 0.5) is 0 Å². The predicted molar refractivity (Wildman–Crippen MR) is 76.0 cm³/mol. The van der Waals surface area contributed by atoms with Crippen molar-refractivity contribution in [2.24, 2.45) is 0 Å². The number of aromatic nitrogens is 2. The summed E-state index contributed by atoms with van der Waals surface area (Å²) in [6, 6.07) is 6.95. The zero-order chi connectivity index (χ0) is 14.7. The number of rotatable bonds is 4. The highest BCUT2D eigenvalue weighted by atomic mass is 35.5. The zero-order valence-corrected chi connectivity index (χ0v) is 11.6. The van der Waals surface area contributed by atoms with Gasteiger partial charge in [0.1, 0.15) is 5.82 Å². The van der Waals surface area contributed by atoms with Crippen molar-refractivity contribution in [2.75, 3.05) is 0 Å². The topological polar surface area (TPSA) is 83.0 Å². The van der Waals surface area contributed by atoms with E-state index in [1.807, 2.05) is 0 Å². The Balaban J connectivity index is 2.37. The second kappa shape index (κ2) is 5.88. The molecule has 0 fully saturated rings. The van der Waals surface area contributed by atoms with Crippen molar-refractivity contribution >= 4 is 17.6 Å². The fourth-order valence-electron chi connectivity index (χ4n) is 1.88. The summed E-state index contributed by atoms with van der Waals surface area (Å²) in [5.41, 5.74) is 1.40. The van der Waals surface area contributed by atoms with Crippen LogP contribution in [0.25, 0.3) is 11.4 Å². The van der Waals surface area contributed by atoms with Gasteiger partial charge in [0.2, 0.25) is 0 Å². The molecule has 5 nitrogen and oxygen atoms in total. The van der Waals surface area contributed by atoms with Crippen molar-refractivity contribution < 1.29 is 9.90 Å². The van der Waals surface area contributed by atoms with E-state index < -0.39 is 5.97 Å². The summed E-state index contributed by atoms with van der Waals surface area (Å²) >= 11 is 5.81. The van der Waals surface area contributed by atoms with Crippen molar-refractivity contribution in [3.05, 3.63) is 50.9 Å². The van der Waals surface area contributed by atoms with E-state index in [0.717, 1.165) is 5.56 Å². The molecule has 0 aliphatic carbocycles. The quantitative estimate of drug-likeness (QED) is 0.906. The number of carboxylic acids is 1. The lowest BCUT2D eigenvalue weighted by atomic mass is 10.1. The molecular weight excluding hydrogens is 280 g/mol. The number of H-pyrrole nitrogens is 1. The molecule has 0 aliphatic rings. The van der Waals surface area contributed by atoms with Crippen molar-refractivity contribution in [3.63, 3.8) is 0 Å². The Morgan fingerprint density at radius 3 is 2.55 bits per heavy atom. The first-order valence-corrected chi connectivity index (χ1v) is 6.42. The SMILES string of the molecule is Cc1nc(-c2ccc(Cl)cc2)[nH]c(=O)c1CCC(=O)O. The molecule has 2 rings (SSSR count). The summed E-state index contributed by atoms with van der Waals surface area (Å²) in [5.74, 6) is -0.492. The number of aliphatic carboxylic acids is 1. The molecule has 2 aromatic rings. The number of halogens is 1. The van der Waals surface area contributed by atoms with Crippen LogP contribution in [-0.4, -0.2) is 21.0 Å². The lowest BCUT2D eigenvalue weighted by Crippen LogP contribution is -2.18. The Morgan fingerprint density at radius 1 is 1.35 bits per heavy atom. The van der Waals surface area contributed by atoms with Gasteiger partial charge in [-0.15, -0.1) is 0 Å². The summed E-state index contributed by atoms with van der Waals surface area (Å²) in [4.78, 5) is 29.6. The fourth-order valence-corrected chi connectivity index (χ4v) is 2.01. The first-order valence-electron chi connectivity index (χ1n) is 6.05. The maximum Gasteiger partial charge on any atom is 0.303 e. The molecule has 104 valence electrons. The molecule has 20 heavy (non-hydrogen) atoms. The van der Waals surface area contributed by atoms with Crippen LogP contribution < -0.4 is 5.56 Å². The van der Waals surface area contributed by atoms with Gasteiger partial charge in [-0.1, -0.05) is 11.6 Å². The van der Waals surface area contributed by atoms with Gasteiger partial charge < -0.3 is 10.1 Å². The van der Waals surface area contributed by atoms with Crippen molar-refractivity contribution in [2.45, 2.75) is 19.8 Å². The Kier molecular flexibility index (Phi) is 4.20. The van der Waals surface area contributed by atoms with E-state index in [0.29, 0.717) is 22.1 Å². The highest BCUT2D eigenvalue weighted by Gasteiger charge is 2.11. The average Bonchev–Trinajstić information content (AvgIpc) is 2.38. The van der Waals surface area contributed by atoms with Gasteiger partial charge in [0.25, 0.3) is 5.56 Å². The monoisotopic (exact) mass is 292 g/mol. The smallest absolute Gasteiger partial charge is 0.303 e. The molecular formula is C14H13ClN2O3. The molecule has 0 saturated carbocycles. The standard InChI is InChI=1S/C14H13ClN2O3/c1-8-11(6-7-12(18)19)14(20)17-13(16-8)9-2-4-10(15)5-3-9/h2-5H,6-7H2,1H3,(H,18,19)(H,16,17,20). The van der Waals surface area contributed by atoms with Crippen molar-refractivity contribution in [3.8, 4) is 11.4 Å². The summed E-state index contributed by atoms with van der Waals surface area (Å²) in [6.07, 6.45) is 0.0797. The number of aromatic amines is 1.